The van der Waals surface area contributed by atoms with Gasteiger partial charge in [-0.15, -0.1) is 0 Å². The highest BCUT2D eigenvalue weighted by Crippen LogP contribution is 2.37. The molecule has 1 spiro atoms. The van der Waals surface area contributed by atoms with E-state index in [0.29, 0.717) is 31.5 Å². The molecule has 0 saturated carbocycles. The van der Waals surface area contributed by atoms with Crippen LogP contribution in [-0.4, -0.2) is 52.5 Å². The number of piperidine rings is 2. The Labute approximate surface area is 129 Å². The van der Waals surface area contributed by atoms with Gasteiger partial charge in [-0.2, -0.15) is 0 Å². The van der Waals surface area contributed by atoms with Crippen molar-refractivity contribution in [2.24, 2.45) is 5.41 Å². The van der Waals surface area contributed by atoms with Crippen molar-refractivity contribution >= 4 is 11.8 Å². The Bertz CT molecular complexity index is 604. The van der Waals surface area contributed by atoms with Crippen LogP contribution in [0.3, 0.4) is 0 Å². The molecule has 0 aliphatic carbocycles. The normalized spacial score (nSPS) is 28.5. The van der Waals surface area contributed by atoms with Crippen LogP contribution in [-0.2, 0) is 4.79 Å². The van der Waals surface area contributed by atoms with Gasteiger partial charge in [0, 0.05) is 32.0 Å². The van der Waals surface area contributed by atoms with Gasteiger partial charge in [0.2, 0.25) is 5.91 Å². The average molecular weight is 303 g/mol. The molecule has 0 bridgehead atoms. The number of likely N-dealkylation sites (tertiary alicyclic amines) is 1. The lowest BCUT2D eigenvalue weighted by Crippen LogP contribution is -2.62. The molecule has 2 N–H and O–H groups in total. The summed E-state index contributed by atoms with van der Waals surface area (Å²) in [5.41, 5.74) is 0.597. The second kappa shape index (κ2) is 5.68. The predicted octanol–water partition coefficient (Wildman–Crippen LogP) is 0.493. The van der Waals surface area contributed by atoms with Crippen LogP contribution in [0.15, 0.2) is 18.5 Å². The molecule has 2 atom stereocenters. The lowest BCUT2D eigenvalue weighted by atomic mass is 9.71. The zero-order chi connectivity index (χ0) is 15.7. The molecule has 0 radical (unpaired) electrons. The van der Waals surface area contributed by atoms with E-state index in [4.69, 9.17) is 0 Å². The number of pyridine rings is 1. The number of aromatic nitrogens is 1. The summed E-state index contributed by atoms with van der Waals surface area (Å²) in [4.78, 5) is 30.7. The smallest absolute Gasteiger partial charge is 0.255 e. The summed E-state index contributed by atoms with van der Waals surface area (Å²) in [6.07, 6.45) is 4.44. The van der Waals surface area contributed by atoms with Gasteiger partial charge in [0.1, 0.15) is 0 Å². The van der Waals surface area contributed by atoms with Gasteiger partial charge in [-0.1, -0.05) is 0 Å². The molecule has 0 aromatic carbocycles. The number of hydrogen-bond donors (Lipinski definition) is 2. The van der Waals surface area contributed by atoms with E-state index in [1.165, 1.54) is 0 Å². The van der Waals surface area contributed by atoms with E-state index in [0.717, 1.165) is 12.0 Å². The van der Waals surface area contributed by atoms with Crippen molar-refractivity contribution in [3.05, 3.63) is 29.6 Å². The molecule has 118 valence electrons. The first kappa shape index (κ1) is 15.0. The van der Waals surface area contributed by atoms with Crippen molar-refractivity contribution in [2.75, 3.05) is 19.6 Å². The summed E-state index contributed by atoms with van der Waals surface area (Å²) in [5.74, 6) is -0.257. The van der Waals surface area contributed by atoms with E-state index in [1.54, 1.807) is 23.4 Å². The van der Waals surface area contributed by atoms with Crippen LogP contribution in [0.25, 0.3) is 0 Å². The third kappa shape index (κ3) is 2.47. The minimum Gasteiger partial charge on any atom is -0.392 e. The number of hydrogen-bond acceptors (Lipinski definition) is 4. The monoisotopic (exact) mass is 303 g/mol. The Morgan fingerprint density at radius 1 is 1.50 bits per heavy atom. The fraction of sp³-hybridized carbons (Fsp3) is 0.562. The molecule has 2 saturated heterocycles. The maximum absolute atomic E-state index is 12.7. The fourth-order valence-electron chi connectivity index (χ4n) is 3.47. The molecule has 2 fully saturated rings. The first-order valence-electron chi connectivity index (χ1n) is 7.70. The van der Waals surface area contributed by atoms with Gasteiger partial charge in [0.15, 0.2) is 0 Å². The number of rotatable bonds is 1. The third-order valence-electron chi connectivity index (χ3n) is 4.73. The van der Waals surface area contributed by atoms with Crippen molar-refractivity contribution in [3.63, 3.8) is 0 Å². The van der Waals surface area contributed by atoms with E-state index in [9.17, 15) is 14.7 Å². The maximum atomic E-state index is 12.7. The topological polar surface area (TPSA) is 82.5 Å². The molecule has 0 unspecified atom stereocenters. The number of nitrogens with zero attached hydrogens (tertiary/aromatic N) is 2. The second-order valence-electron chi connectivity index (χ2n) is 6.30. The molecule has 2 amide bonds. The number of nitrogens with one attached hydrogen (secondary N) is 1. The first-order chi connectivity index (χ1) is 10.5. The van der Waals surface area contributed by atoms with Crippen LogP contribution in [0, 0.1) is 12.3 Å². The van der Waals surface area contributed by atoms with Gasteiger partial charge in [0.25, 0.3) is 5.91 Å². The SMILES string of the molecule is Cc1cncc(C(=O)N2CC[C@@H](O)[C@@]3(CCCNC3=O)C2)c1. The van der Waals surface area contributed by atoms with Crippen LogP contribution in [0.5, 0.6) is 0 Å². The quantitative estimate of drug-likeness (QED) is 0.791. The standard InChI is InChI=1S/C16H21N3O3/c1-11-7-12(9-17-8-11)14(21)19-6-3-13(20)16(10-19)4-2-5-18-15(16)22/h7-9,13,20H,2-6,10H2,1H3,(H,18,22)/t13-,16-/m1/s1. The Morgan fingerprint density at radius 3 is 3.05 bits per heavy atom. The van der Waals surface area contributed by atoms with Gasteiger partial charge in [-0.05, 0) is 37.8 Å². The average Bonchev–Trinajstić information content (AvgIpc) is 2.52. The summed E-state index contributed by atoms with van der Waals surface area (Å²) >= 11 is 0. The minimum atomic E-state index is -0.858. The first-order valence-corrected chi connectivity index (χ1v) is 7.70. The van der Waals surface area contributed by atoms with Crippen LogP contribution in [0.1, 0.15) is 35.2 Å². The van der Waals surface area contributed by atoms with Crippen molar-refractivity contribution < 1.29 is 14.7 Å². The van der Waals surface area contributed by atoms with Crippen molar-refractivity contribution in [1.82, 2.24) is 15.2 Å². The van der Waals surface area contributed by atoms with Crippen molar-refractivity contribution in [2.45, 2.75) is 32.3 Å². The summed E-state index contributed by atoms with van der Waals surface area (Å²) in [5, 5.41) is 13.2. The number of aryl methyl sites for hydroxylation is 1. The lowest BCUT2D eigenvalue weighted by molar-refractivity contribution is -0.147. The number of amides is 2. The highest BCUT2D eigenvalue weighted by molar-refractivity contribution is 5.95. The van der Waals surface area contributed by atoms with Crippen LogP contribution >= 0.6 is 0 Å². The van der Waals surface area contributed by atoms with E-state index < -0.39 is 11.5 Å². The van der Waals surface area contributed by atoms with E-state index in [1.807, 2.05) is 6.92 Å². The van der Waals surface area contributed by atoms with Crippen LogP contribution < -0.4 is 5.32 Å². The van der Waals surface area contributed by atoms with E-state index in [2.05, 4.69) is 10.3 Å². The Balaban J connectivity index is 1.84. The number of aliphatic hydroxyl groups excluding tert-OH is 1. The van der Waals surface area contributed by atoms with Crippen LogP contribution in [0.4, 0.5) is 0 Å². The minimum absolute atomic E-state index is 0.124. The zero-order valence-corrected chi connectivity index (χ0v) is 12.7. The van der Waals surface area contributed by atoms with Crippen LogP contribution in [0.2, 0.25) is 0 Å². The molecule has 1 aromatic heterocycles. The molecule has 2 aliphatic rings. The molecule has 2 aliphatic heterocycles. The van der Waals surface area contributed by atoms with E-state index >= 15 is 0 Å². The highest BCUT2D eigenvalue weighted by atomic mass is 16.3. The van der Waals surface area contributed by atoms with Crippen molar-refractivity contribution in [3.8, 4) is 0 Å². The summed E-state index contributed by atoms with van der Waals surface area (Å²) < 4.78 is 0. The summed E-state index contributed by atoms with van der Waals surface area (Å²) in [6.45, 7) is 3.26. The molecular formula is C16H21N3O3. The molecule has 22 heavy (non-hydrogen) atoms. The molecule has 1 aromatic rings. The van der Waals surface area contributed by atoms with Gasteiger partial charge in [0.05, 0.1) is 17.1 Å². The highest BCUT2D eigenvalue weighted by Gasteiger charge is 2.50. The molecule has 6 heteroatoms. The number of carbonyl (C=O) groups excluding carboxylic acids is 2. The zero-order valence-electron chi connectivity index (χ0n) is 12.7. The van der Waals surface area contributed by atoms with Gasteiger partial charge in [-0.3, -0.25) is 14.6 Å². The van der Waals surface area contributed by atoms with Gasteiger partial charge in [-0.25, -0.2) is 0 Å². The third-order valence-corrected chi connectivity index (χ3v) is 4.73. The maximum Gasteiger partial charge on any atom is 0.255 e. The molecular weight excluding hydrogens is 282 g/mol. The summed E-state index contributed by atoms with van der Waals surface area (Å²) in [6, 6.07) is 1.80. The number of carbonyl (C=O) groups is 2. The van der Waals surface area contributed by atoms with Gasteiger partial charge >= 0.3 is 0 Å². The fourth-order valence-corrected chi connectivity index (χ4v) is 3.47. The summed E-state index contributed by atoms with van der Waals surface area (Å²) in [7, 11) is 0. The molecule has 6 nitrogen and oxygen atoms in total. The number of aliphatic hydroxyl groups is 1. The predicted molar refractivity (Wildman–Crippen MR) is 80.2 cm³/mol. The second-order valence-corrected chi connectivity index (χ2v) is 6.30. The Kier molecular flexibility index (Phi) is 3.87. The Hall–Kier alpha value is -1.95. The Morgan fingerprint density at radius 2 is 2.32 bits per heavy atom. The van der Waals surface area contributed by atoms with E-state index in [-0.39, 0.29) is 18.4 Å². The largest absolute Gasteiger partial charge is 0.392 e. The molecule has 3 rings (SSSR count). The molecule has 3 heterocycles. The van der Waals surface area contributed by atoms with Crippen molar-refractivity contribution in [1.29, 1.82) is 0 Å². The van der Waals surface area contributed by atoms with Gasteiger partial charge < -0.3 is 15.3 Å². The lowest BCUT2D eigenvalue weighted by Gasteiger charge is -2.46.